The molecule has 3 aromatic rings. The molecule has 1 fully saturated rings. The van der Waals surface area contributed by atoms with Gasteiger partial charge in [-0.05, 0) is 43.5 Å². The lowest BCUT2D eigenvalue weighted by Crippen LogP contribution is -2.25. The maximum atomic E-state index is 13.9. The summed E-state index contributed by atoms with van der Waals surface area (Å²) in [6.07, 6.45) is 5.04. The highest BCUT2D eigenvalue weighted by atomic mass is 19.1. The summed E-state index contributed by atoms with van der Waals surface area (Å²) in [6.45, 7) is 0. The Balaban J connectivity index is 1.65. The van der Waals surface area contributed by atoms with Crippen molar-refractivity contribution in [3.8, 4) is 11.4 Å². The quantitative estimate of drug-likeness (QED) is 0.756. The van der Waals surface area contributed by atoms with Gasteiger partial charge >= 0.3 is 0 Å². The van der Waals surface area contributed by atoms with E-state index < -0.39 is 6.17 Å². The molecule has 2 atom stereocenters. The van der Waals surface area contributed by atoms with E-state index in [1.807, 2.05) is 22.6 Å². The first-order chi connectivity index (χ1) is 12.7. The molecule has 134 valence electrons. The highest BCUT2D eigenvalue weighted by Crippen LogP contribution is 2.26. The average Bonchev–Trinajstić information content (AvgIpc) is 3.27. The van der Waals surface area contributed by atoms with Crippen LogP contribution in [0.15, 0.2) is 42.7 Å². The number of halogens is 1. The van der Waals surface area contributed by atoms with E-state index in [1.165, 1.54) is 0 Å². The normalized spacial score (nSPS) is 19.6. The molecular weight excluding hydrogens is 333 g/mol. The van der Waals surface area contributed by atoms with Crippen LogP contribution >= 0.6 is 0 Å². The summed E-state index contributed by atoms with van der Waals surface area (Å²) >= 11 is 0. The Labute approximate surface area is 150 Å². The summed E-state index contributed by atoms with van der Waals surface area (Å²) in [5.74, 6) is 0.507. The molecule has 1 aliphatic rings. The first-order valence-corrected chi connectivity index (χ1v) is 8.73. The smallest absolute Gasteiger partial charge is 0.251 e. The Morgan fingerprint density at radius 3 is 2.96 bits per heavy atom. The molecule has 1 aliphatic carbocycles. The summed E-state index contributed by atoms with van der Waals surface area (Å²) in [6, 6.07) is 8.94. The standard InChI is InChI=1S/C19H20FN5O/c1-21-19(26)12-8-9-25-16(11-22-18(25)10-12)15-6-3-7-17(24-15)23-14-5-2-4-13(14)20/h3,6-11,13-14H,2,4-5H2,1H3,(H,21,26)(H,23,24)/t13-,14-/m0/s1. The summed E-state index contributed by atoms with van der Waals surface area (Å²) < 4.78 is 15.7. The first kappa shape index (κ1) is 16.5. The van der Waals surface area contributed by atoms with Crippen LogP contribution in [0.25, 0.3) is 17.0 Å². The van der Waals surface area contributed by atoms with Crippen molar-refractivity contribution in [2.45, 2.75) is 31.5 Å². The zero-order chi connectivity index (χ0) is 18.1. The van der Waals surface area contributed by atoms with E-state index in [1.54, 1.807) is 31.6 Å². The number of pyridine rings is 2. The lowest BCUT2D eigenvalue weighted by atomic mass is 10.2. The Morgan fingerprint density at radius 2 is 2.19 bits per heavy atom. The Hall–Kier alpha value is -2.96. The highest BCUT2D eigenvalue weighted by Gasteiger charge is 2.27. The van der Waals surface area contributed by atoms with Crippen LogP contribution in [0.5, 0.6) is 0 Å². The number of carbonyl (C=O) groups is 1. The van der Waals surface area contributed by atoms with E-state index in [0.29, 0.717) is 23.4 Å². The number of rotatable bonds is 4. The van der Waals surface area contributed by atoms with Gasteiger partial charge in [0.05, 0.1) is 23.6 Å². The molecule has 0 spiro atoms. The number of alkyl halides is 1. The predicted molar refractivity (Wildman–Crippen MR) is 98.0 cm³/mol. The van der Waals surface area contributed by atoms with Gasteiger partial charge in [0.15, 0.2) is 0 Å². The van der Waals surface area contributed by atoms with Crippen molar-refractivity contribution in [2.75, 3.05) is 12.4 Å². The summed E-state index contributed by atoms with van der Waals surface area (Å²) in [7, 11) is 1.60. The number of fused-ring (bicyclic) bond motifs is 1. The fourth-order valence-corrected chi connectivity index (χ4v) is 3.38. The number of carbonyl (C=O) groups excluding carboxylic acids is 1. The van der Waals surface area contributed by atoms with Crippen molar-refractivity contribution in [3.63, 3.8) is 0 Å². The molecule has 26 heavy (non-hydrogen) atoms. The third-order valence-electron chi connectivity index (χ3n) is 4.78. The van der Waals surface area contributed by atoms with Gasteiger partial charge in [0, 0.05) is 18.8 Å². The number of aromatic nitrogens is 3. The van der Waals surface area contributed by atoms with Crippen LogP contribution in [0.2, 0.25) is 0 Å². The molecule has 0 radical (unpaired) electrons. The maximum Gasteiger partial charge on any atom is 0.251 e. The van der Waals surface area contributed by atoms with E-state index in [2.05, 4.69) is 20.6 Å². The van der Waals surface area contributed by atoms with Crippen molar-refractivity contribution in [1.29, 1.82) is 0 Å². The van der Waals surface area contributed by atoms with Gasteiger partial charge < -0.3 is 10.6 Å². The second-order valence-electron chi connectivity index (χ2n) is 6.47. The topological polar surface area (TPSA) is 71.3 Å². The van der Waals surface area contributed by atoms with Crippen LogP contribution in [0.4, 0.5) is 10.2 Å². The molecule has 3 heterocycles. The molecular formula is C19H20FN5O. The van der Waals surface area contributed by atoms with Gasteiger partial charge in [-0.25, -0.2) is 14.4 Å². The van der Waals surface area contributed by atoms with Crippen LogP contribution in [0.1, 0.15) is 29.6 Å². The summed E-state index contributed by atoms with van der Waals surface area (Å²) in [4.78, 5) is 20.8. The Morgan fingerprint density at radius 1 is 1.31 bits per heavy atom. The number of imidazole rings is 1. The number of hydrogen-bond donors (Lipinski definition) is 2. The first-order valence-electron chi connectivity index (χ1n) is 8.73. The number of hydrogen-bond acceptors (Lipinski definition) is 4. The molecule has 3 aromatic heterocycles. The molecule has 0 bridgehead atoms. The zero-order valence-electron chi connectivity index (χ0n) is 14.4. The molecule has 7 heteroatoms. The second-order valence-corrected chi connectivity index (χ2v) is 6.47. The fourth-order valence-electron chi connectivity index (χ4n) is 3.38. The van der Waals surface area contributed by atoms with Gasteiger partial charge in [-0.3, -0.25) is 9.20 Å². The van der Waals surface area contributed by atoms with Crippen LogP contribution in [-0.2, 0) is 0 Å². The van der Waals surface area contributed by atoms with E-state index in [4.69, 9.17) is 0 Å². The Bertz CT molecular complexity index is 954. The van der Waals surface area contributed by atoms with Crippen LogP contribution < -0.4 is 10.6 Å². The third-order valence-corrected chi connectivity index (χ3v) is 4.78. The minimum absolute atomic E-state index is 0.154. The molecule has 0 aliphatic heterocycles. The lowest BCUT2D eigenvalue weighted by molar-refractivity contribution is 0.0963. The monoisotopic (exact) mass is 353 g/mol. The van der Waals surface area contributed by atoms with Crippen molar-refractivity contribution < 1.29 is 9.18 Å². The highest BCUT2D eigenvalue weighted by molar-refractivity contribution is 5.94. The van der Waals surface area contributed by atoms with Crippen molar-refractivity contribution in [2.24, 2.45) is 0 Å². The maximum absolute atomic E-state index is 13.9. The molecule has 0 unspecified atom stereocenters. The number of nitrogens with zero attached hydrogens (tertiary/aromatic N) is 3. The lowest BCUT2D eigenvalue weighted by Gasteiger charge is -2.16. The van der Waals surface area contributed by atoms with E-state index >= 15 is 0 Å². The van der Waals surface area contributed by atoms with Crippen LogP contribution in [-0.4, -0.2) is 39.5 Å². The largest absolute Gasteiger partial charge is 0.364 e. The fraction of sp³-hybridized carbons (Fsp3) is 0.316. The number of anilines is 1. The van der Waals surface area contributed by atoms with E-state index in [9.17, 15) is 9.18 Å². The van der Waals surface area contributed by atoms with Gasteiger partial charge in [-0.15, -0.1) is 0 Å². The number of amides is 1. The minimum Gasteiger partial charge on any atom is -0.364 e. The van der Waals surface area contributed by atoms with Gasteiger partial charge in [0.1, 0.15) is 17.6 Å². The molecule has 4 rings (SSSR count). The number of nitrogens with one attached hydrogen (secondary N) is 2. The molecule has 0 saturated heterocycles. The second kappa shape index (κ2) is 6.74. The van der Waals surface area contributed by atoms with Crippen molar-refractivity contribution >= 4 is 17.4 Å². The van der Waals surface area contributed by atoms with Gasteiger partial charge in [0.25, 0.3) is 5.91 Å². The summed E-state index contributed by atoms with van der Waals surface area (Å²) in [5, 5.41) is 5.81. The van der Waals surface area contributed by atoms with Crippen molar-refractivity contribution in [3.05, 3.63) is 48.3 Å². The summed E-state index contributed by atoms with van der Waals surface area (Å²) in [5.41, 5.74) is 2.77. The molecule has 0 aromatic carbocycles. The zero-order valence-corrected chi connectivity index (χ0v) is 14.4. The molecule has 1 amide bonds. The average molecular weight is 353 g/mol. The van der Waals surface area contributed by atoms with E-state index in [0.717, 1.165) is 24.2 Å². The van der Waals surface area contributed by atoms with Crippen LogP contribution in [0, 0.1) is 0 Å². The van der Waals surface area contributed by atoms with Gasteiger partial charge in [-0.2, -0.15) is 0 Å². The van der Waals surface area contributed by atoms with Crippen molar-refractivity contribution in [1.82, 2.24) is 19.7 Å². The van der Waals surface area contributed by atoms with Crippen LogP contribution in [0.3, 0.4) is 0 Å². The van der Waals surface area contributed by atoms with Gasteiger partial charge in [0.2, 0.25) is 0 Å². The SMILES string of the molecule is CNC(=O)c1ccn2c(-c3cccc(N[C@H]4CCC[C@@H]4F)n3)cnc2c1. The molecule has 2 N–H and O–H groups in total. The van der Waals surface area contributed by atoms with Gasteiger partial charge in [-0.1, -0.05) is 6.07 Å². The Kier molecular flexibility index (Phi) is 4.28. The minimum atomic E-state index is -0.820. The molecule has 1 saturated carbocycles. The third kappa shape index (κ3) is 3.00. The molecule has 6 nitrogen and oxygen atoms in total. The van der Waals surface area contributed by atoms with E-state index in [-0.39, 0.29) is 11.9 Å². The predicted octanol–water partition coefficient (Wildman–Crippen LogP) is 3.06.